The maximum atomic E-state index is 13.3. The Hall–Kier alpha value is -2.64. The molecule has 1 fully saturated rings. The summed E-state index contributed by atoms with van der Waals surface area (Å²) in [5, 5.41) is 2.22. The van der Waals surface area contributed by atoms with Crippen LogP contribution >= 0.6 is 46.6 Å². The lowest BCUT2D eigenvalue weighted by Crippen LogP contribution is -2.32. The molecule has 0 unspecified atom stereocenters. The van der Waals surface area contributed by atoms with Gasteiger partial charge in [-0.15, -0.1) is 0 Å². The van der Waals surface area contributed by atoms with Crippen molar-refractivity contribution in [3.8, 4) is 11.5 Å². The van der Waals surface area contributed by atoms with Gasteiger partial charge >= 0.3 is 0 Å². The number of rotatable bonds is 8. The Kier molecular flexibility index (Phi) is 9.08. The summed E-state index contributed by atoms with van der Waals surface area (Å²) in [6.45, 7) is 4.91. The smallest absolute Gasteiger partial charge is 0.266 e. The lowest BCUT2D eigenvalue weighted by atomic mass is 10.1. The normalized spacial score (nSPS) is 15.8. The molecule has 4 rings (SSSR count). The van der Waals surface area contributed by atoms with E-state index in [1.165, 1.54) is 11.8 Å². The van der Waals surface area contributed by atoms with Gasteiger partial charge in [-0.3, -0.25) is 9.69 Å². The number of carbonyl (C=O) groups excluding carboxylic acids is 1. The first-order chi connectivity index (χ1) is 17.7. The zero-order valence-electron chi connectivity index (χ0n) is 20.5. The molecule has 0 spiro atoms. The topological polar surface area (TPSA) is 51.1 Å². The van der Waals surface area contributed by atoms with E-state index in [4.69, 9.17) is 49.3 Å². The van der Waals surface area contributed by atoms with Crippen LogP contribution in [0.25, 0.3) is 6.08 Å². The van der Waals surface area contributed by atoms with Crippen LogP contribution < -0.4 is 9.47 Å². The van der Waals surface area contributed by atoms with Crippen molar-refractivity contribution in [1.29, 1.82) is 0 Å². The van der Waals surface area contributed by atoms with Crippen LogP contribution in [0.5, 0.6) is 11.5 Å². The van der Waals surface area contributed by atoms with Crippen LogP contribution in [-0.2, 0) is 11.4 Å². The first kappa shape index (κ1) is 27.4. The minimum Gasteiger partial charge on any atom is -0.493 e. The van der Waals surface area contributed by atoms with E-state index in [2.05, 4.69) is 13.8 Å². The number of amides is 1. The van der Waals surface area contributed by atoms with Crippen molar-refractivity contribution in [2.75, 3.05) is 13.7 Å². The molecule has 1 saturated heterocycles. The number of hydrogen-bond acceptors (Lipinski definition) is 5. The number of thioether (sulfide) groups is 1. The number of methoxy groups -OCH3 is 1. The highest BCUT2D eigenvalue weighted by molar-refractivity contribution is 8.18. The highest BCUT2D eigenvalue weighted by Crippen LogP contribution is 2.40. The summed E-state index contributed by atoms with van der Waals surface area (Å²) in [7, 11) is 1.54. The van der Waals surface area contributed by atoms with Crippen molar-refractivity contribution in [2.45, 2.75) is 20.5 Å². The fraction of sp³-hybridized carbons (Fsp3) is 0.214. The summed E-state index contributed by atoms with van der Waals surface area (Å²) >= 11 is 20.2. The lowest BCUT2D eigenvalue weighted by Gasteiger charge is -2.17. The van der Waals surface area contributed by atoms with E-state index >= 15 is 0 Å². The molecule has 0 saturated carbocycles. The highest BCUT2D eigenvalue weighted by Gasteiger charge is 2.34. The molecule has 0 aromatic heterocycles. The lowest BCUT2D eigenvalue weighted by molar-refractivity contribution is -0.122. The van der Waals surface area contributed by atoms with E-state index in [1.807, 2.05) is 30.3 Å². The van der Waals surface area contributed by atoms with Gasteiger partial charge in [-0.1, -0.05) is 66.8 Å². The monoisotopic (exact) mass is 574 g/mol. The fourth-order valence-electron chi connectivity index (χ4n) is 3.62. The molecule has 5 nitrogen and oxygen atoms in total. The summed E-state index contributed by atoms with van der Waals surface area (Å²) in [5.74, 6) is 1.02. The van der Waals surface area contributed by atoms with Crippen LogP contribution in [0.3, 0.4) is 0 Å². The third kappa shape index (κ3) is 6.82. The molecule has 1 heterocycles. The zero-order chi connectivity index (χ0) is 26.5. The van der Waals surface area contributed by atoms with Crippen molar-refractivity contribution in [1.82, 2.24) is 4.90 Å². The van der Waals surface area contributed by atoms with Gasteiger partial charge in [0.25, 0.3) is 5.91 Å². The second-order valence-corrected chi connectivity index (χ2v) is 11.0. The Morgan fingerprint density at radius 2 is 1.76 bits per heavy atom. The van der Waals surface area contributed by atoms with E-state index in [0.717, 1.165) is 11.3 Å². The minimum absolute atomic E-state index is 0.111. The predicted octanol–water partition coefficient (Wildman–Crippen LogP) is 8.49. The quantitative estimate of drug-likeness (QED) is 0.253. The van der Waals surface area contributed by atoms with Crippen LogP contribution in [0.2, 0.25) is 15.1 Å². The number of carbonyl (C=O) groups is 1. The number of nitrogens with zero attached hydrogens (tertiary/aromatic N) is 2. The van der Waals surface area contributed by atoms with Crippen molar-refractivity contribution in [3.63, 3.8) is 0 Å². The Morgan fingerprint density at radius 1 is 1.03 bits per heavy atom. The molecule has 1 aliphatic rings. The summed E-state index contributed by atoms with van der Waals surface area (Å²) < 4.78 is 11.5. The van der Waals surface area contributed by atoms with Gasteiger partial charge in [-0.2, -0.15) is 0 Å². The molecule has 1 amide bonds. The maximum absolute atomic E-state index is 13.3. The Balaban J connectivity index is 1.62. The number of benzene rings is 3. The van der Waals surface area contributed by atoms with Crippen LogP contribution in [0.15, 0.2) is 70.6 Å². The first-order valence-electron chi connectivity index (χ1n) is 11.5. The Labute approximate surface area is 236 Å². The minimum atomic E-state index is -0.111. The number of hydrogen-bond donors (Lipinski definition) is 0. The molecule has 9 heteroatoms. The van der Waals surface area contributed by atoms with E-state index < -0.39 is 0 Å². The molecule has 37 heavy (non-hydrogen) atoms. The van der Waals surface area contributed by atoms with E-state index in [0.29, 0.717) is 48.7 Å². The maximum Gasteiger partial charge on any atom is 0.266 e. The van der Waals surface area contributed by atoms with Gasteiger partial charge in [0.2, 0.25) is 0 Å². The van der Waals surface area contributed by atoms with Crippen LogP contribution in [0.4, 0.5) is 5.69 Å². The molecule has 192 valence electrons. The summed E-state index contributed by atoms with van der Waals surface area (Å²) in [6, 6.07) is 18.2. The van der Waals surface area contributed by atoms with Gasteiger partial charge in [0.1, 0.15) is 6.61 Å². The van der Waals surface area contributed by atoms with Crippen molar-refractivity contribution in [2.24, 2.45) is 10.9 Å². The molecule has 0 atom stereocenters. The average Bonchev–Trinajstić information content (AvgIpc) is 3.13. The number of amidine groups is 1. The van der Waals surface area contributed by atoms with Gasteiger partial charge in [0.05, 0.1) is 22.7 Å². The van der Waals surface area contributed by atoms with Crippen LogP contribution in [0.1, 0.15) is 25.0 Å². The van der Waals surface area contributed by atoms with Crippen molar-refractivity contribution >= 4 is 69.4 Å². The second kappa shape index (κ2) is 12.3. The van der Waals surface area contributed by atoms with Crippen LogP contribution in [-0.4, -0.2) is 29.6 Å². The third-order valence-electron chi connectivity index (χ3n) is 5.37. The predicted molar refractivity (Wildman–Crippen MR) is 154 cm³/mol. The summed E-state index contributed by atoms with van der Waals surface area (Å²) in [6.07, 6.45) is 1.79. The molecule has 0 radical (unpaired) electrons. The standard InChI is InChI=1S/C28H25Cl3N2O3S/c1-17(2)15-33-27(34)25(37-28(33)32-21-10-8-20(29)9-11-21)14-18-12-23(31)26(24(13-18)35-3)36-16-19-6-4-5-7-22(19)30/h4-14,17H,15-16H2,1-3H3/b25-14-,32-28?. The van der Waals surface area contributed by atoms with Crippen LogP contribution in [0, 0.1) is 5.92 Å². The summed E-state index contributed by atoms with van der Waals surface area (Å²) in [4.78, 5) is 20.3. The average molecular weight is 576 g/mol. The van der Waals surface area contributed by atoms with Gasteiger partial charge < -0.3 is 9.47 Å². The van der Waals surface area contributed by atoms with Gasteiger partial charge in [-0.05, 0) is 71.8 Å². The van der Waals surface area contributed by atoms with E-state index in [-0.39, 0.29) is 18.4 Å². The van der Waals surface area contributed by atoms with E-state index in [1.54, 1.807) is 48.4 Å². The third-order valence-corrected chi connectivity index (χ3v) is 7.27. The molecule has 0 bridgehead atoms. The zero-order valence-corrected chi connectivity index (χ0v) is 23.6. The fourth-order valence-corrected chi connectivity index (χ4v) is 5.22. The van der Waals surface area contributed by atoms with Gasteiger partial charge in [-0.25, -0.2) is 4.99 Å². The molecule has 3 aromatic carbocycles. The molecular formula is C28H25Cl3N2O3S. The number of aliphatic imine (C=N–C) groups is 1. The molecular weight excluding hydrogens is 551 g/mol. The first-order valence-corrected chi connectivity index (χ1v) is 13.5. The van der Waals surface area contributed by atoms with E-state index in [9.17, 15) is 4.79 Å². The second-order valence-electron chi connectivity index (χ2n) is 8.71. The van der Waals surface area contributed by atoms with Gasteiger partial charge in [0, 0.05) is 22.2 Å². The molecule has 0 N–H and O–H groups in total. The highest BCUT2D eigenvalue weighted by atomic mass is 35.5. The summed E-state index contributed by atoms with van der Waals surface area (Å²) in [5.41, 5.74) is 2.26. The largest absolute Gasteiger partial charge is 0.493 e. The number of ether oxygens (including phenoxy) is 2. The molecule has 3 aromatic rings. The van der Waals surface area contributed by atoms with Crippen molar-refractivity contribution < 1.29 is 14.3 Å². The number of halogens is 3. The SMILES string of the molecule is COc1cc(/C=C2\SC(=Nc3ccc(Cl)cc3)N(CC(C)C)C2=O)cc(Cl)c1OCc1ccccc1Cl. The Bertz CT molecular complexity index is 1360. The molecule has 0 aliphatic carbocycles. The van der Waals surface area contributed by atoms with Gasteiger partial charge in [0.15, 0.2) is 16.7 Å². The Morgan fingerprint density at radius 3 is 2.43 bits per heavy atom. The molecule has 1 aliphatic heterocycles. The van der Waals surface area contributed by atoms with Crippen molar-refractivity contribution in [3.05, 3.63) is 91.8 Å².